The number of rotatable bonds is 12. The Balaban J connectivity index is 2.19. The van der Waals surface area contributed by atoms with Gasteiger partial charge >= 0.3 is 0 Å². The van der Waals surface area contributed by atoms with Crippen molar-refractivity contribution in [3.8, 4) is 5.75 Å². The van der Waals surface area contributed by atoms with E-state index in [1.165, 1.54) is 5.56 Å². The number of nitrogens with one attached hydrogen (secondary N) is 1. The average Bonchev–Trinajstić information content (AvgIpc) is 2.82. The number of carbonyl (C=O) groups is 2. The molecule has 0 heterocycles. The number of carbonyl (C=O) groups excluding carboxylic acids is 2. The van der Waals surface area contributed by atoms with Crippen molar-refractivity contribution in [3.05, 3.63) is 65.2 Å². The zero-order chi connectivity index (χ0) is 24.4. The summed E-state index contributed by atoms with van der Waals surface area (Å²) in [5.41, 5.74) is 3.40. The fraction of sp³-hybridized carbons (Fsp3) is 0.500. The molecule has 0 aliphatic carbocycles. The highest BCUT2D eigenvalue weighted by atomic mass is 16.5. The molecule has 0 aliphatic rings. The van der Waals surface area contributed by atoms with Crippen LogP contribution in [0.5, 0.6) is 5.75 Å². The maximum Gasteiger partial charge on any atom is 0.243 e. The summed E-state index contributed by atoms with van der Waals surface area (Å²) in [7, 11) is 1.63. The molecule has 2 rings (SSSR count). The van der Waals surface area contributed by atoms with Gasteiger partial charge in [0.2, 0.25) is 11.8 Å². The van der Waals surface area contributed by atoms with E-state index in [-0.39, 0.29) is 17.9 Å². The standard InChI is InChI=1S/C28H40N2O3/c1-7-21(5)29-28(32)26(8-2)30(19-23-11-16-25(33-6)17-12-23)27(31)18-13-22-9-14-24(15-10-22)20(3)4/h9-12,14-17,20-21,26H,7-8,13,18-19H2,1-6H3,(H,29,32)/t21-,26+/m1/s1. The topological polar surface area (TPSA) is 58.6 Å². The zero-order valence-electron chi connectivity index (χ0n) is 21.1. The predicted octanol–water partition coefficient (Wildman–Crippen LogP) is 5.47. The molecule has 0 aliphatic heterocycles. The molecular weight excluding hydrogens is 412 g/mol. The minimum atomic E-state index is -0.503. The lowest BCUT2D eigenvalue weighted by Gasteiger charge is -2.31. The van der Waals surface area contributed by atoms with Crippen LogP contribution in [0.1, 0.15) is 76.5 Å². The fourth-order valence-electron chi connectivity index (χ4n) is 3.75. The molecule has 0 fully saturated rings. The molecule has 5 heteroatoms. The van der Waals surface area contributed by atoms with Crippen LogP contribution in [0.15, 0.2) is 48.5 Å². The van der Waals surface area contributed by atoms with Gasteiger partial charge < -0.3 is 15.0 Å². The molecule has 2 aromatic rings. The second kappa shape index (κ2) is 13.0. The Morgan fingerprint density at radius 1 is 0.909 bits per heavy atom. The Bertz CT molecular complexity index is 875. The number of aryl methyl sites for hydroxylation is 1. The number of nitrogens with zero attached hydrogens (tertiary/aromatic N) is 1. The van der Waals surface area contributed by atoms with E-state index in [4.69, 9.17) is 4.74 Å². The van der Waals surface area contributed by atoms with Gasteiger partial charge in [-0.25, -0.2) is 0 Å². The predicted molar refractivity (Wildman–Crippen MR) is 134 cm³/mol. The summed E-state index contributed by atoms with van der Waals surface area (Å²) in [5.74, 6) is 1.15. The number of amides is 2. The average molecular weight is 453 g/mol. The van der Waals surface area contributed by atoms with Gasteiger partial charge in [0.15, 0.2) is 0 Å². The fourth-order valence-corrected chi connectivity index (χ4v) is 3.75. The number of hydrogen-bond donors (Lipinski definition) is 1. The first-order valence-corrected chi connectivity index (χ1v) is 12.1. The van der Waals surface area contributed by atoms with Crippen LogP contribution in [-0.4, -0.2) is 35.9 Å². The largest absolute Gasteiger partial charge is 0.497 e. The molecule has 180 valence electrons. The van der Waals surface area contributed by atoms with E-state index in [0.29, 0.717) is 31.7 Å². The van der Waals surface area contributed by atoms with Crippen molar-refractivity contribution in [1.82, 2.24) is 10.2 Å². The maximum atomic E-state index is 13.4. The van der Waals surface area contributed by atoms with E-state index >= 15 is 0 Å². The normalized spacial score (nSPS) is 12.8. The van der Waals surface area contributed by atoms with Gasteiger partial charge in [-0.05, 0) is 60.9 Å². The molecule has 0 bridgehead atoms. The Kier molecular flexibility index (Phi) is 10.4. The molecule has 1 N–H and O–H groups in total. The van der Waals surface area contributed by atoms with Crippen molar-refractivity contribution in [2.75, 3.05) is 7.11 Å². The number of hydrogen-bond acceptors (Lipinski definition) is 3. The van der Waals surface area contributed by atoms with Crippen LogP contribution in [0.4, 0.5) is 0 Å². The highest BCUT2D eigenvalue weighted by Gasteiger charge is 2.29. The van der Waals surface area contributed by atoms with Gasteiger partial charge in [-0.3, -0.25) is 9.59 Å². The summed E-state index contributed by atoms with van der Waals surface area (Å²) in [6.07, 6.45) is 2.43. The van der Waals surface area contributed by atoms with Gasteiger partial charge in [0, 0.05) is 19.0 Å². The summed E-state index contributed by atoms with van der Waals surface area (Å²) in [5, 5.41) is 3.06. The van der Waals surface area contributed by atoms with Crippen LogP contribution >= 0.6 is 0 Å². The quantitative estimate of drug-likeness (QED) is 0.464. The molecule has 0 unspecified atom stereocenters. The Morgan fingerprint density at radius 2 is 1.52 bits per heavy atom. The van der Waals surface area contributed by atoms with E-state index in [0.717, 1.165) is 23.3 Å². The minimum Gasteiger partial charge on any atom is -0.497 e. The van der Waals surface area contributed by atoms with Crippen molar-refractivity contribution in [2.45, 2.75) is 84.8 Å². The molecule has 2 aromatic carbocycles. The molecule has 0 saturated heterocycles. The van der Waals surface area contributed by atoms with Crippen LogP contribution in [-0.2, 0) is 22.6 Å². The molecule has 0 saturated carbocycles. The molecule has 2 atom stereocenters. The second-order valence-corrected chi connectivity index (χ2v) is 9.01. The van der Waals surface area contributed by atoms with Gasteiger partial charge in [0.25, 0.3) is 0 Å². The van der Waals surface area contributed by atoms with Crippen molar-refractivity contribution in [2.24, 2.45) is 0 Å². The van der Waals surface area contributed by atoms with E-state index in [1.807, 2.05) is 45.0 Å². The molecule has 0 aromatic heterocycles. The van der Waals surface area contributed by atoms with Crippen molar-refractivity contribution < 1.29 is 14.3 Å². The highest BCUT2D eigenvalue weighted by molar-refractivity contribution is 5.87. The maximum absolute atomic E-state index is 13.4. The van der Waals surface area contributed by atoms with Crippen molar-refractivity contribution in [3.63, 3.8) is 0 Å². The lowest BCUT2D eigenvalue weighted by molar-refractivity contribution is -0.141. The van der Waals surface area contributed by atoms with Gasteiger partial charge in [0.05, 0.1) is 7.11 Å². The summed E-state index contributed by atoms with van der Waals surface area (Å²) in [6, 6.07) is 15.7. The van der Waals surface area contributed by atoms with E-state index in [2.05, 4.69) is 43.4 Å². The summed E-state index contributed by atoms with van der Waals surface area (Å²) in [4.78, 5) is 28.2. The van der Waals surface area contributed by atoms with E-state index in [1.54, 1.807) is 12.0 Å². The Hall–Kier alpha value is -2.82. The van der Waals surface area contributed by atoms with Gasteiger partial charge in [-0.1, -0.05) is 64.1 Å². The first-order valence-electron chi connectivity index (χ1n) is 12.1. The van der Waals surface area contributed by atoms with Crippen LogP contribution in [0.2, 0.25) is 0 Å². The SMILES string of the molecule is CC[C@@H](C)NC(=O)[C@H](CC)N(Cc1ccc(OC)cc1)C(=O)CCc1ccc(C(C)C)cc1. The molecule has 2 amide bonds. The van der Waals surface area contributed by atoms with Crippen LogP contribution in [0.3, 0.4) is 0 Å². The second-order valence-electron chi connectivity index (χ2n) is 9.01. The first kappa shape index (κ1) is 26.4. The summed E-state index contributed by atoms with van der Waals surface area (Å²) in [6.45, 7) is 10.7. The number of ether oxygens (including phenoxy) is 1. The highest BCUT2D eigenvalue weighted by Crippen LogP contribution is 2.19. The molecule has 33 heavy (non-hydrogen) atoms. The molecular formula is C28H40N2O3. The molecule has 5 nitrogen and oxygen atoms in total. The smallest absolute Gasteiger partial charge is 0.243 e. The Morgan fingerprint density at radius 3 is 2.03 bits per heavy atom. The Labute approximate surface area is 199 Å². The number of methoxy groups -OCH3 is 1. The third-order valence-electron chi connectivity index (χ3n) is 6.17. The first-order chi connectivity index (χ1) is 15.8. The van der Waals surface area contributed by atoms with Crippen LogP contribution in [0.25, 0.3) is 0 Å². The van der Waals surface area contributed by atoms with E-state index in [9.17, 15) is 9.59 Å². The summed E-state index contributed by atoms with van der Waals surface area (Å²) < 4.78 is 5.25. The minimum absolute atomic E-state index is 0.00935. The lowest BCUT2D eigenvalue weighted by Crippen LogP contribution is -2.50. The third kappa shape index (κ3) is 7.92. The van der Waals surface area contributed by atoms with Crippen LogP contribution in [0, 0.1) is 0 Å². The lowest BCUT2D eigenvalue weighted by atomic mass is 10.00. The zero-order valence-corrected chi connectivity index (χ0v) is 21.1. The van der Waals surface area contributed by atoms with Gasteiger partial charge in [-0.2, -0.15) is 0 Å². The monoisotopic (exact) mass is 452 g/mol. The van der Waals surface area contributed by atoms with Gasteiger partial charge in [0.1, 0.15) is 11.8 Å². The molecule has 0 spiro atoms. The van der Waals surface area contributed by atoms with E-state index < -0.39 is 6.04 Å². The molecule has 0 radical (unpaired) electrons. The third-order valence-corrected chi connectivity index (χ3v) is 6.17. The number of benzene rings is 2. The van der Waals surface area contributed by atoms with Gasteiger partial charge in [-0.15, -0.1) is 0 Å². The van der Waals surface area contributed by atoms with Crippen molar-refractivity contribution >= 4 is 11.8 Å². The summed E-state index contributed by atoms with van der Waals surface area (Å²) >= 11 is 0. The van der Waals surface area contributed by atoms with Crippen LogP contribution < -0.4 is 10.1 Å². The van der Waals surface area contributed by atoms with Crippen molar-refractivity contribution in [1.29, 1.82) is 0 Å².